The van der Waals surface area contributed by atoms with Gasteiger partial charge in [0.2, 0.25) is 10.0 Å². The van der Waals surface area contributed by atoms with Crippen molar-refractivity contribution in [2.45, 2.75) is 36.2 Å². The molecule has 2 N–H and O–H groups in total. The van der Waals surface area contributed by atoms with Crippen molar-refractivity contribution in [2.24, 2.45) is 0 Å². The lowest BCUT2D eigenvalue weighted by Gasteiger charge is -2.17. The fraction of sp³-hybridized carbons (Fsp3) is 0.529. The summed E-state index contributed by atoms with van der Waals surface area (Å²) in [5.74, 6) is -0.300. The molecule has 1 saturated carbocycles. The summed E-state index contributed by atoms with van der Waals surface area (Å²) in [4.78, 5) is 24.3. The molecule has 1 atom stereocenters. The van der Waals surface area contributed by atoms with Crippen LogP contribution < -0.4 is 14.8 Å². The highest BCUT2D eigenvalue weighted by Gasteiger charge is 2.30. The van der Waals surface area contributed by atoms with Crippen molar-refractivity contribution >= 4 is 33.7 Å². The molecule has 0 heterocycles. The van der Waals surface area contributed by atoms with Crippen molar-refractivity contribution in [1.82, 2.24) is 10.0 Å². The van der Waals surface area contributed by atoms with Gasteiger partial charge in [-0.05, 0) is 49.5 Å². The van der Waals surface area contributed by atoms with Gasteiger partial charge < -0.3 is 14.8 Å². The number of hydrogen-bond acceptors (Lipinski definition) is 7. The molecule has 1 aliphatic carbocycles. The maximum Gasteiger partial charge on any atom is 0.328 e. The zero-order chi connectivity index (χ0) is 20.0. The number of hydrogen-bond donors (Lipinski definition) is 2. The van der Waals surface area contributed by atoms with E-state index in [4.69, 9.17) is 9.47 Å². The second-order valence-electron chi connectivity index (χ2n) is 6.09. The van der Waals surface area contributed by atoms with E-state index in [1.54, 1.807) is 0 Å². The van der Waals surface area contributed by atoms with Gasteiger partial charge in [0, 0.05) is 11.6 Å². The maximum absolute atomic E-state index is 12.6. The first-order valence-electron chi connectivity index (χ1n) is 8.40. The fourth-order valence-electron chi connectivity index (χ4n) is 2.38. The highest BCUT2D eigenvalue weighted by atomic mass is 32.2. The molecule has 1 aromatic rings. The summed E-state index contributed by atoms with van der Waals surface area (Å²) in [5, 5.41) is 2.61. The van der Waals surface area contributed by atoms with E-state index in [1.807, 2.05) is 6.26 Å². The molecule has 0 radical (unpaired) electrons. The molecule has 1 aromatic carbocycles. The number of sulfonamides is 1. The number of nitrogens with one attached hydrogen (secondary N) is 2. The molecule has 150 valence electrons. The molecule has 0 aliphatic heterocycles. The van der Waals surface area contributed by atoms with Crippen LogP contribution >= 0.6 is 11.8 Å². The van der Waals surface area contributed by atoms with Crippen molar-refractivity contribution in [3.05, 3.63) is 23.8 Å². The van der Waals surface area contributed by atoms with Crippen LogP contribution in [0, 0.1) is 0 Å². The van der Waals surface area contributed by atoms with Crippen molar-refractivity contribution < 1.29 is 27.5 Å². The second kappa shape index (κ2) is 9.43. The van der Waals surface area contributed by atoms with Crippen LogP contribution in [0.5, 0.6) is 5.75 Å². The summed E-state index contributed by atoms with van der Waals surface area (Å²) < 4.78 is 37.5. The van der Waals surface area contributed by atoms with Crippen LogP contribution in [0.3, 0.4) is 0 Å². The van der Waals surface area contributed by atoms with E-state index in [0.717, 1.165) is 12.8 Å². The molecule has 1 amide bonds. The number of thioether (sulfide) groups is 1. The molecule has 0 saturated heterocycles. The average molecular weight is 417 g/mol. The van der Waals surface area contributed by atoms with Crippen LogP contribution in [0.25, 0.3) is 0 Å². The molecule has 27 heavy (non-hydrogen) atoms. The Bertz CT molecular complexity index is 793. The molecular formula is C17H24N2O6S2. The zero-order valence-corrected chi connectivity index (χ0v) is 17.1. The second-order valence-corrected chi connectivity index (χ2v) is 8.76. The highest BCUT2D eigenvalue weighted by Crippen LogP contribution is 2.28. The van der Waals surface area contributed by atoms with Crippen LogP contribution in [-0.4, -0.2) is 58.6 Å². The molecule has 0 spiro atoms. The fourth-order valence-corrected chi connectivity index (χ4v) is 4.35. The van der Waals surface area contributed by atoms with Crippen LogP contribution in [0.4, 0.5) is 0 Å². The van der Waals surface area contributed by atoms with E-state index in [1.165, 1.54) is 44.2 Å². The summed E-state index contributed by atoms with van der Waals surface area (Å²) in [6.07, 6.45) is 3.88. The smallest absolute Gasteiger partial charge is 0.328 e. The SMILES string of the molecule is COC(=O)[C@H](CCSC)NC(=O)c1ccc(OC)c(S(=O)(=O)NC2CC2)c1. The molecule has 2 rings (SSSR count). The number of benzene rings is 1. The minimum absolute atomic E-state index is 0.0764. The summed E-state index contributed by atoms with van der Waals surface area (Å²) in [5.41, 5.74) is 0.116. The first kappa shape index (κ1) is 21.5. The van der Waals surface area contributed by atoms with Gasteiger partial charge in [0.15, 0.2) is 0 Å². The van der Waals surface area contributed by atoms with Gasteiger partial charge >= 0.3 is 5.97 Å². The van der Waals surface area contributed by atoms with Crippen molar-refractivity contribution in [1.29, 1.82) is 0 Å². The minimum Gasteiger partial charge on any atom is -0.495 e. The van der Waals surface area contributed by atoms with Crippen LogP contribution in [0.2, 0.25) is 0 Å². The van der Waals surface area contributed by atoms with Gasteiger partial charge in [-0.2, -0.15) is 11.8 Å². The molecule has 0 bridgehead atoms. The Hall–Kier alpha value is -1.78. The lowest BCUT2D eigenvalue weighted by molar-refractivity contribution is -0.142. The number of amides is 1. The lowest BCUT2D eigenvalue weighted by Crippen LogP contribution is -2.42. The van der Waals surface area contributed by atoms with Crippen molar-refractivity contribution in [3.63, 3.8) is 0 Å². The predicted molar refractivity (Wildman–Crippen MR) is 103 cm³/mol. The van der Waals surface area contributed by atoms with E-state index in [-0.39, 0.29) is 22.3 Å². The summed E-state index contributed by atoms with van der Waals surface area (Å²) in [7, 11) is -1.20. The monoisotopic (exact) mass is 416 g/mol. The van der Waals surface area contributed by atoms with Crippen molar-refractivity contribution in [2.75, 3.05) is 26.2 Å². The van der Waals surface area contributed by atoms with Gasteiger partial charge in [0.25, 0.3) is 5.91 Å². The Morgan fingerprint density at radius 3 is 2.56 bits per heavy atom. The number of rotatable bonds is 10. The van der Waals surface area contributed by atoms with Gasteiger partial charge in [-0.1, -0.05) is 0 Å². The first-order chi connectivity index (χ1) is 12.8. The van der Waals surface area contributed by atoms with Gasteiger partial charge in [0.1, 0.15) is 16.7 Å². The Morgan fingerprint density at radius 1 is 1.30 bits per heavy atom. The van der Waals surface area contributed by atoms with Crippen molar-refractivity contribution in [3.8, 4) is 5.75 Å². The number of carbonyl (C=O) groups is 2. The summed E-state index contributed by atoms with van der Waals surface area (Å²) in [6.45, 7) is 0. The molecule has 8 nitrogen and oxygen atoms in total. The zero-order valence-electron chi connectivity index (χ0n) is 15.5. The van der Waals surface area contributed by atoms with E-state index in [2.05, 4.69) is 10.0 Å². The Morgan fingerprint density at radius 2 is 2.00 bits per heavy atom. The highest BCUT2D eigenvalue weighted by molar-refractivity contribution is 7.98. The third-order valence-corrected chi connectivity index (χ3v) is 6.20. The normalized spacial score (nSPS) is 15.1. The summed E-state index contributed by atoms with van der Waals surface area (Å²) >= 11 is 1.54. The Labute approximate surface area is 163 Å². The number of methoxy groups -OCH3 is 2. The predicted octanol–water partition coefficient (Wildman–Crippen LogP) is 1.16. The van der Waals surface area contributed by atoms with Crippen LogP contribution in [-0.2, 0) is 19.6 Å². The Kier molecular flexibility index (Phi) is 7.51. The van der Waals surface area contributed by atoms with Gasteiger partial charge in [-0.15, -0.1) is 0 Å². The summed E-state index contributed by atoms with van der Waals surface area (Å²) in [6, 6.07) is 3.24. The van der Waals surface area contributed by atoms with Crippen LogP contribution in [0.15, 0.2) is 23.1 Å². The Balaban J connectivity index is 2.25. The quantitative estimate of drug-likeness (QED) is 0.551. The topological polar surface area (TPSA) is 111 Å². The number of ether oxygens (including phenoxy) is 2. The van der Waals surface area contributed by atoms with E-state index in [0.29, 0.717) is 12.2 Å². The minimum atomic E-state index is -3.81. The van der Waals surface area contributed by atoms with Gasteiger partial charge in [0.05, 0.1) is 14.2 Å². The molecule has 10 heteroatoms. The molecule has 0 unspecified atom stereocenters. The first-order valence-corrected chi connectivity index (χ1v) is 11.3. The molecule has 0 aromatic heterocycles. The van der Waals surface area contributed by atoms with Crippen LogP contribution in [0.1, 0.15) is 29.6 Å². The lowest BCUT2D eigenvalue weighted by atomic mass is 10.1. The maximum atomic E-state index is 12.6. The van der Waals surface area contributed by atoms with Gasteiger partial charge in [-0.3, -0.25) is 4.79 Å². The molecule has 1 fully saturated rings. The average Bonchev–Trinajstić information content (AvgIpc) is 3.46. The number of esters is 1. The van der Waals surface area contributed by atoms with E-state index >= 15 is 0 Å². The standard InChI is InChI=1S/C17H24N2O6S2/c1-24-14-7-4-11(10-15(14)27(22,23)19-12-5-6-12)16(20)18-13(8-9-26-3)17(21)25-2/h4,7,10,12-13,19H,5-6,8-9H2,1-3H3,(H,18,20)/t13-/m0/s1. The number of carbonyl (C=O) groups excluding carboxylic acids is 2. The van der Waals surface area contributed by atoms with Gasteiger partial charge in [-0.25, -0.2) is 17.9 Å². The largest absolute Gasteiger partial charge is 0.495 e. The van der Waals surface area contributed by atoms with E-state index in [9.17, 15) is 18.0 Å². The molecular weight excluding hydrogens is 392 g/mol. The molecule has 1 aliphatic rings. The third kappa shape index (κ3) is 5.85. The van der Waals surface area contributed by atoms with E-state index < -0.39 is 27.9 Å². The third-order valence-electron chi connectivity index (χ3n) is 4.02.